The minimum atomic E-state index is -6.09. The van der Waals surface area contributed by atoms with Crippen LogP contribution < -0.4 is 0 Å². The molecule has 0 bridgehead atoms. The van der Waals surface area contributed by atoms with E-state index in [-0.39, 0.29) is 0 Å². The third-order valence-electron chi connectivity index (χ3n) is 1.79. The molecular weight excluding hydrogens is 249 g/mol. The number of rotatable bonds is 1. The highest BCUT2D eigenvalue weighted by molar-refractivity contribution is 7.86. The summed E-state index contributed by atoms with van der Waals surface area (Å²) < 4.78 is 59.8. The van der Waals surface area contributed by atoms with Crippen LogP contribution in [0.2, 0.25) is 0 Å². The van der Waals surface area contributed by atoms with Gasteiger partial charge in [0.05, 0.1) is 19.8 Å². The first-order valence-electron chi connectivity index (χ1n) is 4.11. The third kappa shape index (κ3) is 4.73. The standard InChI is InChI=1S/C6H11N2.CHF3O3S/c1-3-8(2)5-4-7-6-8;2-1(3,4)8(5,6)7/h4-6H,3H2,1-2H3;(H,5,6,7)/q+1;/p-1. The topological polar surface area (TPSA) is 69.6 Å². The Morgan fingerprint density at radius 1 is 1.44 bits per heavy atom. The molecular formula is C7H11F3N2O3S. The van der Waals surface area contributed by atoms with Gasteiger partial charge in [-0.3, -0.25) is 4.48 Å². The number of aliphatic imine (C=N–C) groups is 1. The van der Waals surface area contributed by atoms with Crippen molar-refractivity contribution in [1.29, 1.82) is 0 Å². The maximum absolute atomic E-state index is 10.7. The molecule has 1 heterocycles. The molecule has 5 nitrogen and oxygen atoms in total. The highest BCUT2D eigenvalue weighted by Crippen LogP contribution is 2.20. The van der Waals surface area contributed by atoms with Crippen molar-refractivity contribution in [3.63, 3.8) is 0 Å². The third-order valence-corrected chi connectivity index (χ3v) is 2.36. The maximum atomic E-state index is 10.7. The van der Waals surface area contributed by atoms with Gasteiger partial charge in [0.2, 0.25) is 0 Å². The first-order valence-corrected chi connectivity index (χ1v) is 5.52. The summed E-state index contributed by atoms with van der Waals surface area (Å²) in [7, 11) is -3.97. The van der Waals surface area contributed by atoms with Gasteiger partial charge >= 0.3 is 5.51 Å². The first-order chi connectivity index (χ1) is 7.02. The summed E-state index contributed by atoms with van der Waals surface area (Å²) in [4.78, 5) is 3.97. The molecule has 0 saturated heterocycles. The summed E-state index contributed by atoms with van der Waals surface area (Å²) in [5, 5.41) is 0. The van der Waals surface area contributed by atoms with Crippen molar-refractivity contribution >= 4 is 16.5 Å². The van der Waals surface area contributed by atoms with Crippen molar-refractivity contribution in [3.8, 4) is 0 Å². The average molecular weight is 260 g/mol. The molecule has 16 heavy (non-hydrogen) atoms. The molecule has 0 amide bonds. The number of hydrogen-bond donors (Lipinski definition) is 0. The number of quaternary nitrogens is 1. The second-order valence-electron chi connectivity index (χ2n) is 3.13. The van der Waals surface area contributed by atoms with E-state index in [2.05, 4.69) is 25.2 Å². The number of halogens is 3. The molecule has 0 N–H and O–H groups in total. The Hall–Kier alpha value is -0.930. The normalized spacial score (nSPS) is 24.1. The minimum Gasteiger partial charge on any atom is -0.741 e. The van der Waals surface area contributed by atoms with Crippen LogP contribution in [0.1, 0.15) is 6.92 Å². The predicted octanol–water partition coefficient (Wildman–Crippen LogP) is 1.02. The second kappa shape index (κ2) is 4.93. The monoisotopic (exact) mass is 260 g/mol. The van der Waals surface area contributed by atoms with E-state index in [4.69, 9.17) is 13.0 Å². The van der Waals surface area contributed by atoms with Crippen LogP contribution in [0.15, 0.2) is 17.4 Å². The summed E-state index contributed by atoms with van der Waals surface area (Å²) in [6.45, 7) is 3.22. The van der Waals surface area contributed by atoms with E-state index in [0.29, 0.717) is 0 Å². The smallest absolute Gasteiger partial charge is 0.485 e. The molecule has 0 aromatic rings. The zero-order valence-electron chi connectivity index (χ0n) is 8.60. The molecule has 0 aliphatic carbocycles. The Morgan fingerprint density at radius 3 is 2.00 bits per heavy atom. The van der Waals surface area contributed by atoms with Gasteiger partial charge in [0.25, 0.3) is 0 Å². The van der Waals surface area contributed by atoms with Gasteiger partial charge in [-0.15, -0.1) is 0 Å². The zero-order valence-corrected chi connectivity index (χ0v) is 9.42. The first kappa shape index (κ1) is 15.1. The van der Waals surface area contributed by atoms with Crippen LogP contribution >= 0.6 is 0 Å². The number of alkyl halides is 3. The summed E-state index contributed by atoms with van der Waals surface area (Å²) in [5.41, 5.74) is -5.65. The SMILES string of the molecule is CC[N+]1(C)C=CN=C1.O=S(=O)([O-])C(F)(F)F. The van der Waals surface area contributed by atoms with E-state index in [1.165, 1.54) is 0 Å². The molecule has 0 aromatic heterocycles. The van der Waals surface area contributed by atoms with Crippen LogP contribution in [-0.4, -0.2) is 42.9 Å². The highest BCUT2D eigenvalue weighted by atomic mass is 32.2. The van der Waals surface area contributed by atoms with Crippen LogP contribution in [0.25, 0.3) is 0 Å². The largest absolute Gasteiger partial charge is 0.741 e. The Kier molecular flexibility index (Phi) is 4.65. The van der Waals surface area contributed by atoms with Gasteiger partial charge in [0, 0.05) is 0 Å². The lowest BCUT2D eigenvalue weighted by Gasteiger charge is -2.18. The maximum Gasteiger partial charge on any atom is 0.485 e. The molecule has 9 heteroatoms. The minimum absolute atomic E-state index is 0.847. The quantitative estimate of drug-likeness (QED) is 0.401. The molecule has 0 spiro atoms. The van der Waals surface area contributed by atoms with Gasteiger partial charge in [0.1, 0.15) is 6.20 Å². The average Bonchev–Trinajstić information content (AvgIpc) is 2.51. The lowest BCUT2D eigenvalue weighted by atomic mass is 10.5. The van der Waals surface area contributed by atoms with Gasteiger partial charge in [-0.1, -0.05) is 0 Å². The fourth-order valence-electron chi connectivity index (χ4n) is 0.607. The molecule has 0 saturated carbocycles. The number of hydrogen-bond acceptors (Lipinski definition) is 4. The molecule has 1 atom stereocenters. The van der Waals surface area contributed by atoms with Crippen molar-refractivity contribution < 1.29 is 30.6 Å². The molecule has 0 radical (unpaired) electrons. The number of nitrogens with zero attached hydrogens (tertiary/aromatic N) is 2. The second-order valence-corrected chi connectivity index (χ2v) is 4.50. The van der Waals surface area contributed by atoms with Crippen LogP contribution in [0.3, 0.4) is 0 Å². The molecule has 1 rings (SSSR count). The molecule has 1 unspecified atom stereocenters. The summed E-state index contributed by atoms with van der Waals surface area (Å²) >= 11 is 0. The van der Waals surface area contributed by atoms with Gasteiger partial charge < -0.3 is 4.55 Å². The Bertz CT molecular complexity index is 374. The van der Waals surface area contributed by atoms with Gasteiger partial charge in [0.15, 0.2) is 16.5 Å². The van der Waals surface area contributed by atoms with Crippen LogP contribution in [-0.2, 0) is 10.1 Å². The van der Waals surface area contributed by atoms with Crippen LogP contribution in [0, 0.1) is 0 Å². The molecule has 0 fully saturated rings. The summed E-state index contributed by atoms with van der Waals surface area (Å²) in [6.07, 6.45) is 5.84. The van der Waals surface area contributed by atoms with Gasteiger partial charge in [-0.05, 0) is 6.92 Å². The van der Waals surface area contributed by atoms with E-state index in [9.17, 15) is 13.2 Å². The van der Waals surface area contributed by atoms with Crippen molar-refractivity contribution in [2.45, 2.75) is 12.4 Å². The van der Waals surface area contributed by atoms with Gasteiger partial charge in [-0.2, -0.15) is 13.2 Å². The van der Waals surface area contributed by atoms with Crippen molar-refractivity contribution in [2.75, 3.05) is 13.6 Å². The van der Waals surface area contributed by atoms with E-state index in [1.54, 1.807) is 0 Å². The Balaban J connectivity index is 0.000000281. The molecule has 1 aliphatic rings. The van der Waals surface area contributed by atoms with Crippen molar-refractivity contribution in [3.05, 3.63) is 12.4 Å². The van der Waals surface area contributed by atoms with Crippen LogP contribution in [0.5, 0.6) is 0 Å². The Morgan fingerprint density at radius 2 is 1.88 bits per heavy atom. The summed E-state index contributed by atoms with van der Waals surface area (Å²) in [6, 6.07) is 0. The van der Waals surface area contributed by atoms with E-state index < -0.39 is 15.6 Å². The van der Waals surface area contributed by atoms with Crippen LogP contribution in [0.4, 0.5) is 13.2 Å². The van der Waals surface area contributed by atoms with Gasteiger partial charge in [-0.25, -0.2) is 13.4 Å². The fourth-order valence-corrected chi connectivity index (χ4v) is 0.607. The van der Waals surface area contributed by atoms with Crippen molar-refractivity contribution in [1.82, 2.24) is 0 Å². The van der Waals surface area contributed by atoms with E-state index in [1.807, 2.05) is 12.5 Å². The predicted molar refractivity (Wildman–Crippen MR) is 50.1 cm³/mol. The zero-order chi connectivity index (χ0) is 13.0. The fraction of sp³-hybridized carbons (Fsp3) is 0.571. The lowest BCUT2D eigenvalue weighted by Crippen LogP contribution is -2.33. The lowest BCUT2D eigenvalue weighted by molar-refractivity contribution is -0.753. The molecule has 1 aliphatic heterocycles. The van der Waals surface area contributed by atoms with E-state index in [0.717, 1.165) is 11.0 Å². The highest BCUT2D eigenvalue weighted by Gasteiger charge is 2.36. The Labute approximate surface area is 91.2 Å². The molecule has 0 aromatic carbocycles. The van der Waals surface area contributed by atoms with E-state index >= 15 is 0 Å². The molecule has 94 valence electrons. The summed E-state index contributed by atoms with van der Waals surface area (Å²) in [5.74, 6) is 0. The van der Waals surface area contributed by atoms with Crippen molar-refractivity contribution in [2.24, 2.45) is 4.99 Å².